The molecule has 2 N–H and O–H groups in total. The molecule has 0 saturated heterocycles. The molecule has 0 fully saturated rings. The Hall–Kier alpha value is -0.705. The van der Waals surface area contributed by atoms with Gasteiger partial charge in [0.1, 0.15) is 11.4 Å². The molecule has 1 heterocycles. The maximum absolute atomic E-state index is 8.10. The van der Waals surface area contributed by atoms with E-state index < -0.39 is 11.2 Å². The van der Waals surface area contributed by atoms with E-state index in [1.165, 1.54) is 0 Å². The average molecular weight is 297 g/mol. The third-order valence-electron chi connectivity index (χ3n) is 4.03. The Balaban J connectivity index is 2.15. The van der Waals surface area contributed by atoms with E-state index in [1.54, 1.807) is 7.48 Å². The molecule has 5 heteroatoms. The molecule has 2 rings (SSSR count). The summed E-state index contributed by atoms with van der Waals surface area (Å²) in [6, 6.07) is 3.98. The summed E-state index contributed by atoms with van der Waals surface area (Å²) in [4.78, 5) is 0. The molecule has 0 spiro atoms. The Morgan fingerprint density at radius 1 is 1.30 bits per heavy atom. The van der Waals surface area contributed by atoms with Crippen molar-refractivity contribution in [1.82, 2.24) is 0 Å². The number of rotatable bonds is 4. The summed E-state index contributed by atoms with van der Waals surface area (Å²) in [5.41, 5.74) is 0.636. The van der Waals surface area contributed by atoms with E-state index in [1.807, 2.05) is 39.8 Å². The predicted octanol–water partition coefficient (Wildman–Crippen LogP) is 2.21. The molecule has 109 valence electrons. The normalized spacial score (nSPS) is 15.5. The first-order valence-electron chi connectivity index (χ1n) is 6.92. The number of hydrogen-bond donors (Lipinski definition) is 0. The Kier molecular flexibility index (Phi) is 4.38. The summed E-state index contributed by atoms with van der Waals surface area (Å²) >= 11 is 6.39. The Labute approximate surface area is 126 Å². The fraction of sp³-hybridized carbons (Fsp3) is 0.600. The van der Waals surface area contributed by atoms with Crippen LogP contribution in [0.15, 0.2) is 12.1 Å². The zero-order valence-corrected chi connectivity index (χ0v) is 13.3. The summed E-state index contributed by atoms with van der Waals surface area (Å²) < 4.78 is 11.4. The maximum atomic E-state index is 8.10. The lowest BCUT2D eigenvalue weighted by atomic mass is 9.82. The van der Waals surface area contributed by atoms with Crippen LogP contribution in [0, 0.1) is 0 Å². The molecule has 0 amide bonds. The summed E-state index contributed by atoms with van der Waals surface area (Å²) in [7, 11) is 1.64. The summed E-state index contributed by atoms with van der Waals surface area (Å²) in [6.07, 6.45) is 2.03. The molecule has 0 bridgehead atoms. The fourth-order valence-corrected chi connectivity index (χ4v) is 2.13. The van der Waals surface area contributed by atoms with Gasteiger partial charge in [0.15, 0.2) is 5.60 Å². The zero-order valence-electron chi connectivity index (χ0n) is 12.5. The van der Waals surface area contributed by atoms with E-state index in [9.17, 15) is 0 Å². The number of halogens is 1. The van der Waals surface area contributed by atoms with Gasteiger partial charge in [-0.25, -0.2) is 0 Å². The minimum absolute atomic E-state index is 0.598. The molecular weight excluding hydrogens is 274 g/mol. The molecular formula is C15H22BClO3+. The maximum Gasteiger partial charge on any atom is 0.332 e. The fourth-order valence-electron chi connectivity index (χ4n) is 1.85. The average Bonchev–Trinajstić information content (AvgIpc) is 2.37. The van der Waals surface area contributed by atoms with Crippen molar-refractivity contribution in [2.45, 2.75) is 51.7 Å². The van der Waals surface area contributed by atoms with Gasteiger partial charge >= 0.3 is 7.48 Å². The SMILES string of the molecule is CC(C)([OH2+])C(C)(C)O[B]c1ccc2c(c1Cl)OCCC2. The molecule has 0 saturated carbocycles. The van der Waals surface area contributed by atoms with Crippen LogP contribution in [-0.4, -0.2) is 30.4 Å². The van der Waals surface area contributed by atoms with Crippen LogP contribution in [0.1, 0.15) is 39.7 Å². The lowest BCUT2D eigenvalue weighted by Crippen LogP contribution is -2.49. The number of benzene rings is 1. The highest BCUT2D eigenvalue weighted by molar-refractivity contribution is 6.54. The summed E-state index contributed by atoms with van der Waals surface area (Å²) in [5, 5.41) is 8.70. The minimum Gasteiger partial charge on any atom is -0.492 e. The second-order valence-electron chi connectivity index (χ2n) is 6.28. The van der Waals surface area contributed by atoms with Crippen LogP contribution in [0.5, 0.6) is 5.75 Å². The van der Waals surface area contributed by atoms with Gasteiger partial charge in [0.2, 0.25) is 0 Å². The summed E-state index contributed by atoms with van der Waals surface area (Å²) in [6.45, 7) is 8.18. The molecule has 1 aliphatic heterocycles. The first-order chi connectivity index (χ1) is 9.22. The van der Waals surface area contributed by atoms with E-state index >= 15 is 0 Å². The van der Waals surface area contributed by atoms with Gasteiger partial charge in [-0.15, -0.1) is 0 Å². The van der Waals surface area contributed by atoms with Gasteiger partial charge in [0.05, 0.1) is 11.6 Å². The molecule has 1 aliphatic rings. The van der Waals surface area contributed by atoms with Crippen LogP contribution in [0.25, 0.3) is 0 Å². The predicted molar refractivity (Wildman–Crippen MR) is 83.5 cm³/mol. The highest BCUT2D eigenvalue weighted by Crippen LogP contribution is 2.31. The van der Waals surface area contributed by atoms with Crippen LogP contribution in [0.4, 0.5) is 0 Å². The molecule has 1 radical (unpaired) electrons. The van der Waals surface area contributed by atoms with Crippen molar-refractivity contribution < 1.29 is 14.5 Å². The Morgan fingerprint density at radius 3 is 2.65 bits per heavy atom. The highest BCUT2D eigenvalue weighted by Gasteiger charge is 2.40. The molecule has 1 aromatic carbocycles. The van der Waals surface area contributed by atoms with Crippen molar-refractivity contribution in [2.75, 3.05) is 6.61 Å². The van der Waals surface area contributed by atoms with Crippen LogP contribution in [0.3, 0.4) is 0 Å². The van der Waals surface area contributed by atoms with Crippen LogP contribution in [0.2, 0.25) is 5.02 Å². The Morgan fingerprint density at radius 2 is 2.00 bits per heavy atom. The third kappa shape index (κ3) is 3.13. The quantitative estimate of drug-likeness (QED) is 0.631. The van der Waals surface area contributed by atoms with Crippen molar-refractivity contribution in [3.8, 4) is 5.75 Å². The lowest BCUT2D eigenvalue weighted by molar-refractivity contribution is -0.0893. The van der Waals surface area contributed by atoms with Crippen LogP contribution in [-0.2, 0) is 11.1 Å². The molecule has 3 nitrogen and oxygen atoms in total. The van der Waals surface area contributed by atoms with Gasteiger partial charge < -0.3 is 14.5 Å². The summed E-state index contributed by atoms with van der Waals surface area (Å²) in [5.74, 6) is 0.776. The van der Waals surface area contributed by atoms with Gasteiger partial charge in [-0.05, 0) is 37.7 Å². The Bertz CT molecular complexity index is 495. The topological polar surface area (TPSA) is 41.4 Å². The van der Waals surface area contributed by atoms with E-state index in [0.717, 1.165) is 29.6 Å². The van der Waals surface area contributed by atoms with E-state index in [0.29, 0.717) is 11.6 Å². The molecule has 1 aromatic rings. The van der Waals surface area contributed by atoms with Gasteiger partial charge in [0, 0.05) is 13.8 Å². The standard InChI is InChI=1S/C15H21BClO3/c1-14(2,18)15(3,4)20-16-11-8-7-10-6-5-9-19-13(10)12(11)17/h7-8,18H,5-6,9H2,1-4H3/p+1. The first-order valence-corrected chi connectivity index (χ1v) is 7.30. The van der Waals surface area contributed by atoms with Crippen LogP contribution >= 0.6 is 11.6 Å². The van der Waals surface area contributed by atoms with Gasteiger partial charge in [-0.1, -0.05) is 23.7 Å². The smallest absolute Gasteiger partial charge is 0.332 e. The number of ether oxygens (including phenoxy) is 1. The number of hydrogen-bond acceptors (Lipinski definition) is 2. The van der Waals surface area contributed by atoms with E-state index in [4.69, 9.17) is 26.1 Å². The van der Waals surface area contributed by atoms with Crippen molar-refractivity contribution in [3.63, 3.8) is 0 Å². The van der Waals surface area contributed by atoms with E-state index in [-0.39, 0.29) is 0 Å². The highest BCUT2D eigenvalue weighted by atomic mass is 35.5. The number of fused-ring (bicyclic) bond motifs is 1. The molecule has 0 aliphatic carbocycles. The minimum atomic E-state index is -0.708. The second-order valence-corrected chi connectivity index (χ2v) is 6.66. The second kappa shape index (κ2) is 5.59. The monoisotopic (exact) mass is 296 g/mol. The van der Waals surface area contributed by atoms with Crippen molar-refractivity contribution in [3.05, 3.63) is 22.7 Å². The number of aryl methyl sites for hydroxylation is 1. The van der Waals surface area contributed by atoms with Gasteiger partial charge in [0.25, 0.3) is 0 Å². The first kappa shape index (κ1) is 15.7. The van der Waals surface area contributed by atoms with Crippen molar-refractivity contribution >= 4 is 24.5 Å². The molecule has 0 unspecified atom stereocenters. The molecule has 0 atom stereocenters. The lowest BCUT2D eigenvalue weighted by Gasteiger charge is -2.33. The van der Waals surface area contributed by atoms with Crippen molar-refractivity contribution in [2.24, 2.45) is 0 Å². The largest absolute Gasteiger partial charge is 0.492 e. The van der Waals surface area contributed by atoms with Gasteiger partial charge in [-0.3, -0.25) is 0 Å². The van der Waals surface area contributed by atoms with Crippen molar-refractivity contribution in [1.29, 1.82) is 0 Å². The molecule has 20 heavy (non-hydrogen) atoms. The molecule has 0 aromatic heterocycles. The van der Waals surface area contributed by atoms with Crippen LogP contribution < -0.4 is 10.2 Å². The van der Waals surface area contributed by atoms with E-state index in [2.05, 4.69) is 0 Å². The third-order valence-corrected chi connectivity index (χ3v) is 4.42. The zero-order chi connectivity index (χ0) is 15.0. The van der Waals surface area contributed by atoms with Gasteiger partial charge in [-0.2, -0.15) is 0 Å².